The number of alkyl halides is 3. The monoisotopic (exact) mass is 577 g/mol. The van der Waals surface area contributed by atoms with Gasteiger partial charge < -0.3 is 15.1 Å². The third-order valence-electron chi connectivity index (χ3n) is 8.57. The number of allylic oxidation sites excluding steroid dienone is 1. The van der Waals surface area contributed by atoms with E-state index in [0.717, 1.165) is 61.3 Å². The smallest absolute Gasteiger partial charge is 0.357 e. The highest BCUT2D eigenvalue weighted by Crippen LogP contribution is 2.32. The number of nitrogens with zero attached hydrogens (tertiary/aromatic N) is 6. The van der Waals surface area contributed by atoms with Crippen molar-refractivity contribution >= 4 is 17.3 Å². The van der Waals surface area contributed by atoms with Crippen LogP contribution < -0.4 is 10.2 Å². The minimum Gasteiger partial charge on any atom is -0.357 e. The molecule has 3 aliphatic rings. The number of pyridine rings is 2. The Morgan fingerprint density at radius 3 is 2.43 bits per heavy atom. The first-order chi connectivity index (χ1) is 20.3. The topological polar surface area (TPSA) is 87.1 Å². The number of hydrogen-bond acceptors (Lipinski definition) is 7. The molecular weight excluding hydrogens is 543 g/mol. The van der Waals surface area contributed by atoms with Crippen LogP contribution >= 0.6 is 0 Å². The lowest BCUT2D eigenvalue weighted by Gasteiger charge is -2.34. The van der Waals surface area contributed by atoms with Crippen molar-refractivity contribution in [2.45, 2.75) is 56.8 Å². The van der Waals surface area contributed by atoms with Gasteiger partial charge in [-0.05, 0) is 68.4 Å². The van der Waals surface area contributed by atoms with E-state index in [9.17, 15) is 18.0 Å². The largest absolute Gasteiger partial charge is 0.416 e. The molecule has 0 saturated carbocycles. The summed E-state index contributed by atoms with van der Waals surface area (Å²) in [7, 11) is 0. The van der Waals surface area contributed by atoms with Gasteiger partial charge in [0.05, 0.1) is 23.1 Å². The number of anilines is 1. The SMILES string of the molecule is O=C(C1CCN(c2cc(C(F)(F)F)ccn2)CC1)N1CC[C@H](NC2CC=C(c3ccc(-c4cnccn4)cn3)CC2)C1. The normalized spacial score (nSPS) is 21.8. The third-order valence-corrected chi connectivity index (χ3v) is 8.57. The molecule has 6 rings (SSSR count). The molecule has 5 heterocycles. The fraction of sp³-hybridized carbons (Fsp3) is 0.452. The molecule has 0 bridgehead atoms. The number of carbonyl (C=O) groups is 1. The van der Waals surface area contributed by atoms with Crippen molar-refractivity contribution in [2.24, 2.45) is 5.92 Å². The fourth-order valence-electron chi connectivity index (χ4n) is 6.21. The lowest BCUT2D eigenvalue weighted by atomic mass is 9.92. The molecular formula is C31H34F3N7O. The molecule has 220 valence electrons. The molecule has 3 aromatic rings. The van der Waals surface area contributed by atoms with Gasteiger partial charge in [-0.2, -0.15) is 13.2 Å². The first kappa shape index (κ1) is 28.3. The van der Waals surface area contributed by atoms with E-state index >= 15 is 0 Å². The zero-order valence-electron chi connectivity index (χ0n) is 23.3. The Bertz CT molecular complexity index is 1410. The molecule has 11 heteroatoms. The molecule has 2 atom stereocenters. The molecule has 42 heavy (non-hydrogen) atoms. The maximum Gasteiger partial charge on any atom is 0.416 e. The highest BCUT2D eigenvalue weighted by Gasteiger charge is 2.35. The molecule has 3 aromatic heterocycles. The summed E-state index contributed by atoms with van der Waals surface area (Å²) in [5, 5.41) is 3.77. The molecule has 1 N–H and O–H groups in total. The van der Waals surface area contributed by atoms with Gasteiger partial charge in [0.15, 0.2) is 0 Å². The van der Waals surface area contributed by atoms with Gasteiger partial charge in [0, 0.05) is 74.5 Å². The predicted molar refractivity (Wildman–Crippen MR) is 153 cm³/mol. The van der Waals surface area contributed by atoms with E-state index in [0.29, 0.717) is 44.3 Å². The van der Waals surface area contributed by atoms with Crippen molar-refractivity contribution in [3.05, 3.63) is 72.6 Å². The van der Waals surface area contributed by atoms with E-state index in [4.69, 9.17) is 0 Å². The number of likely N-dealkylation sites (tertiary alicyclic amines) is 1. The van der Waals surface area contributed by atoms with Crippen LogP contribution in [0.4, 0.5) is 19.0 Å². The molecule has 1 aliphatic carbocycles. The van der Waals surface area contributed by atoms with Crippen LogP contribution in [0.3, 0.4) is 0 Å². The number of piperidine rings is 1. The summed E-state index contributed by atoms with van der Waals surface area (Å²) in [5.41, 5.74) is 3.31. The van der Waals surface area contributed by atoms with Gasteiger partial charge >= 0.3 is 6.18 Å². The lowest BCUT2D eigenvalue weighted by Crippen LogP contribution is -2.44. The molecule has 1 unspecified atom stereocenters. The van der Waals surface area contributed by atoms with E-state index in [2.05, 4.69) is 31.3 Å². The highest BCUT2D eigenvalue weighted by molar-refractivity contribution is 5.79. The number of nitrogens with one attached hydrogen (secondary N) is 1. The van der Waals surface area contributed by atoms with Gasteiger partial charge in [-0.15, -0.1) is 0 Å². The zero-order chi connectivity index (χ0) is 29.1. The minimum atomic E-state index is -4.40. The van der Waals surface area contributed by atoms with Crippen molar-refractivity contribution < 1.29 is 18.0 Å². The quantitative estimate of drug-likeness (QED) is 0.442. The van der Waals surface area contributed by atoms with Gasteiger partial charge in [0.2, 0.25) is 5.91 Å². The van der Waals surface area contributed by atoms with Crippen molar-refractivity contribution in [3.63, 3.8) is 0 Å². The van der Waals surface area contributed by atoms with Crippen LogP contribution in [0.5, 0.6) is 0 Å². The summed E-state index contributed by atoms with van der Waals surface area (Å²) in [6.07, 6.45) is 11.0. The van der Waals surface area contributed by atoms with Crippen LogP contribution in [0.2, 0.25) is 0 Å². The summed E-state index contributed by atoms with van der Waals surface area (Å²) in [6, 6.07) is 6.80. The van der Waals surface area contributed by atoms with Crippen LogP contribution in [0.1, 0.15) is 49.8 Å². The van der Waals surface area contributed by atoms with Crippen LogP contribution in [-0.2, 0) is 11.0 Å². The molecule has 1 amide bonds. The zero-order valence-corrected chi connectivity index (χ0v) is 23.3. The molecule has 2 fully saturated rings. The van der Waals surface area contributed by atoms with Crippen molar-refractivity contribution in [1.82, 2.24) is 30.2 Å². The van der Waals surface area contributed by atoms with Crippen LogP contribution in [0.15, 0.2) is 61.3 Å². The Labute approximate surface area is 243 Å². The van der Waals surface area contributed by atoms with Gasteiger partial charge in [0.1, 0.15) is 5.82 Å². The number of hydrogen-bond donors (Lipinski definition) is 1. The van der Waals surface area contributed by atoms with Crippen molar-refractivity contribution in [2.75, 3.05) is 31.1 Å². The van der Waals surface area contributed by atoms with E-state index in [1.54, 1.807) is 18.6 Å². The molecule has 2 saturated heterocycles. The first-order valence-electron chi connectivity index (χ1n) is 14.6. The first-order valence-corrected chi connectivity index (χ1v) is 14.6. The minimum absolute atomic E-state index is 0.0983. The molecule has 0 spiro atoms. The van der Waals surface area contributed by atoms with E-state index < -0.39 is 11.7 Å². The Balaban J connectivity index is 0.960. The summed E-state index contributed by atoms with van der Waals surface area (Å²) < 4.78 is 39.3. The van der Waals surface area contributed by atoms with Crippen LogP contribution in [0.25, 0.3) is 16.8 Å². The fourth-order valence-corrected chi connectivity index (χ4v) is 6.21. The summed E-state index contributed by atoms with van der Waals surface area (Å²) in [6.45, 7) is 2.48. The Kier molecular flexibility index (Phi) is 8.19. The van der Waals surface area contributed by atoms with Crippen molar-refractivity contribution in [3.8, 4) is 11.3 Å². The Morgan fingerprint density at radius 2 is 1.74 bits per heavy atom. The van der Waals surface area contributed by atoms with Gasteiger partial charge in [0.25, 0.3) is 0 Å². The average Bonchev–Trinajstić information content (AvgIpc) is 3.50. The van der Waals surface area contributed by atoms with E-state index in [-0.39, 0.29) is 17.9 Å². The predicted octanol–water partition coefficient (Wildman–Crippen LogP) is 5.00. The number of rotatable bonds is 6. The summed E-state index contributed by atoms with van der Waals surface area (Å²) >= 11 is 0. The maximum atomic E-state index is 13.3. The van der Waals surface area contributed by atoms with E-state index in [1.165, 1.54) is 11.8 Å². The average molecular weight is 578 g/mol. The van der Waals surface area contributed by atoms with Crippen molar-refractivity contribution in [1.29, 1.82) is 0 Å². The maximum absolute atomic E-state index is 13.3. The second kappa shape index (κ2) is 12.2. The number of halogens is 3. The molecule has 8 nitrogen and oxygen atoms in total. The Hall–Kier alpha value is -3.86. The standard InChI is InChI=1S/C31H34F3N7O/c32-31(33,34)24-7-11-37-29(17-24)40-14-8-22(9-15-40)30(42)41-16-10-26(20-41)39-25-4-1-21(2-5-25)27-6-3-23(18-38-27)28-19-35-12-13-36-28/h1,3,6-7,11-13,17-19,22,25-26,39H,2,4-5,8-10,14-16,20H2/t25?,26-/m0/s1. The van der Waals surface area contributed by atoms with Crippen LogP contribution in [-0.4, -0.2) is 69.0 Å². The van der Waals surface area contributed by atoms with E-state index in [1.807, 2.05) is 28.1 Å². The Morgan fingerprint density at radius 1 is 0.881 bits per heavy atom. The van der Waals surface area contributed by atoms with Gasteiger partial charge in [-0.25, -0.2) is 4.98 Å². The highest BCUT2D eigenvalue weighted by atomic mass is 19.4. The molecule has 0 radical (unpaired) electrons. The lowest BCUT2D eigenvalue weighted by molar-refractivity contribution is -0.137. The number of amides is 1. The van der Waals surface area contributed by atoms with Crippen LogP contribution in [0, 0.1) is 5.92 Å². The third kappa shape index (κ3) is 6.46. The second-order valence-corrected chi connectivity index (χ2v) is 11.3. The van der Waals surface area contributed by atoms with Gasteiger partial charge in [-0.3, -0.25) is 19.7 Å². The summed E-state index contributed by atoms with van der Waals surface area (Å²) in [4.78, 5) is 34.3. The number of carbonyl (C=O) groups excluding carboxylic acids is 1. The second-order valence-electron chi connectivity index (χ2n) is 11.3. The summed E-state index contributed by atoms with van der Waals surface area (Å²) in [5.74, 6) is 0.386. The number of aromatic nitrogens is 4. The molecule has 0 aromatic carbocycles. The van der Waals surface area contributed by atoms with Gasteiger partial charge in [-0.1, -0.05) is 6.08 Å². The molecule has 2 aliphatic heterocycles.